The zero-order valence-electron chi connectivity index (χ0n) is 9.16. The molecule has 0 saturated heterocycles. The lowest BCUT2D eigenvalue weighted by Crippen LogP contribution is -2.14. The lowest BCUT2D eigenvalue weighted by atomic mass is 10.4. The number of nitrogens with zero attached hydrogens (tertiary/aromatic N) is 3. The molecule has 13 heavy (non-hydrogen) atoms. The lowest BCUT2D eigenvalue weighted by molar-refractivity contribution is 0.413. The molecule has 0 unspecified atom stereocenters. The fraction of sp³-hybridized carbons (Fsp3) is 0.778. The van der Waals surface area contributed by atoms with Gasteiger partial charge in [0.05, 0.1) is 0 Å². The minimum Gasteiger partial charge on any atom is -0.309 e. The zero-order valence-corrected chi connectivity index (χ0v) is 9.98. The number of aryl methyl sites for hydroxylation is 1. The topological polar surface area (TPSA) is 29.0 Å². The van der Waals surface area contributed by atoms with Crippen molar-refractivity contribution in [1.82, 2.24) is 15.1 Å². The summed E-state index contributed by atoms with van der Waals surface area (Å²) < 4.78 is 0. The van der Waals surface area contributed by atoms with Crippen LogP contribution in [0.25, 0.3) is 0 Å². The molecular weight excluding hydrogens is 182 g/mol. The van der Waals surface area contributed by atoms with E-state index in [1.807, 2.05) is 20.8 Å². The second-order valence-corrected chi connectivity index (χ2v) is 4.03. The molecule has 3 nitrogen and oxygen atoms in total. The third kappa shape index (κ3) is 5.71. The molecule has 1 heterocycles. The molecule has 0 N–H and O–H groups in total. The van der Waals surface area contributed by atoms with Gasteiger partial charge in [-0.1, -0.05) is 13.8 Å². The number of hydrogen-bond donors (Lipinski definition) is 0. The molecule has 0 amide bonds. The molecule has 0 aliphatic rings. The Bertz CT molecular complexity index is 220. The van der Waals surface area contributed by atoms with Gasteiger partial charge < -0.3 is 4.90 Å². The van der Waals surface area contributed by atoms with Crippen LogP contribution in [0, 0.1) is 6.92 Å². The Hall–Kier alpha value is -0.480. The second kappa shape index (κ2) is 6.97. The Morgan fingerprint density at radius 3 is 2.23 bits per heavy atom. The molecule has 76 valence electrons. The van der Waals surface area contributed by atoms with Gasteiger partial charge in [-0.3, -0.25) is 0 Å². The summed E-state index contributed by atoms with van der Waals surface area (Å²) in [6.45, 7) is 7.03. The Balaban J connectivity index is 0.000000671. The maximum atomic E-state index is 4.03. The van der Waals surface area contributed by atoms with Crippen molar-refractivity contribution < 1.29 is 0 Å². The van der Waals surface area contributed by atoms with Crippen molar-refractivity contribution in [2.75, 3.05) is 20.6 Å². The molecule has 1 aromatic rings. The van der Waals surface area contributed by atoms with Gasteiger partial charge in [0, 0.05) is 13.0 Å². The fourth-order valence-corrected chi connectivity index (χ4v) is 1.46. The monoisotopic (exact) mass is 201 g/mol. The van der Waals surface area contributed by atoms with Gasteiger partial charge in [-0.2, -0.15) is 0 Å². The van der Waals surface area contributed by atoms with Gasteiger partial charge in [0.25, 0.3) is 0 Å². The van der Waals surface area contributed by atoms with Crippen LogP contribution in [-0.2, 0) is 6.42 Å². The molecule has 1 rings (SSSR count). The van der Waals surface area contributed by atoms with E-state index in [9.17, 15) is 0 Å². The third-order valence-electron chi connectivity index (χ3n) is 1.34. The third-order valence-corrected chi connectivity index (χ3v) is 2.24. The molecule has 0 aliphatic carbocycles. The molecule has 0 fully saturated rings. The van der Waals surface area contributed by atoms with Crippen LogP contribution in [0.15, 0.2) is 0 Å². The first-order chi connectivity index (χ1) is 6.18. The van der Waals surface area contributed by atoms with Crippen molar-refractivity contribution in [2.24, 2.45) is 0 Å². The summed E-state index contributed by atoms with van der Waals surface area (Å²) in [5.74, 6) is 0. The van der Waals surface area contributed by atoms with Crippen LogP contribution in [0.3, 0.4) is 0 Å². The molecule has 0 spiro atoms. The summed E-state index contributed by atoms with van der Waals surface area (Å²) in [5, 5.41) is 10.2. The normalized spacial score (nSPS) is 9.69. The molecular formula is C9H19N3S. The quantitative estimate of drug-likeness (QED) is 0.749. The van der Waals surface area contributed by atoms with Crippen LogP contribution >= 0.6 is 11.3 Å². The number of likely N-dealkylation sites (N-methyl/N-ethyl adjacent to an activating group) is 1. The first kappa shape index (κ1) is 12.5. The average molecular weight is 201 g/mol. The summed E-state index contributed by atoms with van der Waals surface area (Å²) in [5.41, 5.74) is 0. The molecule has 0 atom stereocenters. The van der Waals surface area contributed by atoms with E-state index in [1.54, 1.807) is 11.3 Å². The van der Waals surface area contributed by atoms with Crippen LogP contribution in [-0.4, -0.2) is 35.7 Å². The molecule has 0 aliphatic heterocycles. The minimum absolute atomic E-state index is 1.01. The highest BCUT2D eigenvalue weighted by Gasteiger charge is 1.99. The molecule has 0 radical (unpaired) electrons. The van der Waals surface area contributed by atoms with Crippen molar-refractivity contribution in [3.05, 3.63) is 10.0 Å². The van der Waals surface area contributed by atoms with Crippen molar-refractivity contribution in [3.8, 4) is 0 Å². The van der Waals surface area contributed by atoms with E-state index >= 15 is 0 Å². The van der Waals surface area contributed by atoms with E-state index in [4.69, 9.17) is 0 Å². The van der Waals surface area contributed by atoms with Crippen molar-refractivity contribution in [3.63, 3.8) is 0 Å². The first-order valence-corrected chi connectivity index (χ1v) is 5.44. The van der Waals surface area contributed by atoms with Gasteiger partial charge in [-0.15, -0.1) is 21.5 Å². The van der Waals surface area contributed by atoms with Crippen molar-refractivity contribution in [1.29, 1.82) is 0 Å². The van der Waals surface area contributed by atoms with Crippen LogP contribution in [0.5, 0.6) is 0 Å². The summed E-state index contributed by atoms with van der Waals surface area (Å²) in [7, 11) is 4.13. The largest absolute Gasteiger partial charge is 0.309 e. The lowest BCUT2D eigenvalue weighted by Gasteiger charge is -2.05. The zero-order chi connectivity index (χ0) is 10.3. The summed E-state index contributed by atoms with van der Waals surface area (Å²) in [4.78, 5) is 2.15. The van der Waals surface area contributed by atoms with Crippen molar-refractivity contribution >= 4 is 11.3 Å². The molecule has 4 heteroatoms. The predicted molar refractivity (Wildman–Crippen MR) is 58.3 cm³/mol. The van der Waals surface area contributed by atoms with E-state index < -0.39 is 0 Å². The van der Waals surface area contributed by atoms with Gasteiger partial charge in [0.2, 0.25) is 0 Å². The van der Waals surface area contributed by atoms with Crippen LogP contribution < -0.4 is 0 Å². The number of aromatic nitrogens is 2. The standard InChI is InChI=1S/C7H13N3S.C2H6/c1-6-8-9-7(11-6)4-5-10(2)3;1-2/h4-5H2,1-3H3;1-2H3. The van der Waals surface area contributed by atoms with E-state index in [2.05, 4.69) is 29.2 Å². The average Bonchev–Trinajstić information content (AvgIpc) is 2.52. The Kier molecular flexibility index (Phi) is 6.72. The van der Waals surface area contributed by atoms with Gasteiger partial charge in [-0.05, 0) is 21.0 Å². The summed E-state index contributed by atoms with van der Waals surface area (Å²) in [6.07, 6.45) is 1.01. The van der Waals surface area contributed by atoms with Crippen LogP contribution in [0.4, 0.5) is 0 Å². The highest BCUT2D eigenvalue weighted by Crippen LogP contribution is 2.08. The highest BCUT2D eigenvalue weighted by molar-refractivity contribution is 7.11. The van der Waals surface area contributed by atoms with E-state index in [0.29, 0.717) is 0 Å². The first-order valence-electron chi connectivity index (χ1n) is 4.62. The van der Waals surface area contributed by atoms with Gasteiger partial charge in [0.15, 0.2) is 0 Å². The van der Waals surface area contributed by atoms with Gasteiger partial charge >= 0.3 is 0 Å². The van der Waals surface area contributed by atoms with Gasteiger partial charge in [0.1, 0.15) is 10.0 Å². The van der Waals surface area contributed by atoms with Crippen molar-refractivity contribution in [2.45, 2.75) is 27.2 Å². The van der Waals surface area contributed by atoms with E-state index in [1.165, 1.54) is 0 Å². The van der Waals surface area contributed by atoms with Gasteiger partial charge in [-0.25, -0.2) is 0 Å². The molecule has 1 aromatic heterocycles. The second-order valence-electron chi connectivity index (χ2n) is 2.77. The van der Waals surface area contributed by atoms with E-state index in [-0.39, 0.29) is 0 Å². The Morgan fingerprint density at radius 1 is 1.23 bits per heavy atom. The maximum absolute atomic E-state index is 4.03. The summed E-state index contributed by atoms with van der Waals surface area (Å²) >= 11 is 1.68. The Morgan fingerprint density at radius 2 is 1.85 bits per heavy atom. The van der Waals surface area contributed by atoms with Crippen LogP contribution in [0.2, 0.25) is 0 Å². The SMILES string of the molecule is CC.Cc1nnc(CCN(C)C)s1. The number of hydrogen-bond acceptors (Lipinski definition) is 4. The summed E-state index contributed by atoms with van der Waals surface area (Å²) in [6, 6.07) is 0. The fourth-order valence-electron chi connectivity index (χ4n) is 0.758. The van der Waals surface area contributed by atoms with Crippen LogP contribution in [0.1, 0.15) is 23.9 Å². The minimum atomic E-state index is 1.01. The number of rotatable bonds is 3. The molecule has 0 saturated carbocycles. The molecule has 0 bridgehead atoms. The predicted octanol–water partition coefficient (Wildman–Crippen LogP) is 1.98. The molecule has 0 aromatic carbocycles. The Labute approximate surface area is 84.8 Å². The van der Waals surface area contributed by atoms with E-state index in [0.717, 1.165) is 23.0 Å². The smallest absolute Gasteiger partial charge is 0.118 e. The highest BCUT2D eigenvalue weighted by atomic mass is 32.1. The maximum Gasteiger partial charge on any atom is 0.118 e.